The first-order chi connectivity index (χ1) is 31.0. The van der Waals surface area contributed by atoms with Crippen LogP contribution < -0.4 is 16.0 Å². The van der Waals surface area contributed by atoms with E-state index in [0.29, 0.717) is 58.4 Å². The van der Waals surface area contributed by atoms with Gasteiger partial charge in [0.1, 0.15) is 27.7 Å². The number of nitrogens with one attached hydrogen (secondary N) is 2. The molecule has 1 saturated heterocycles. The smallest absolute Gasteiger partial charge is 0.329 e. The van der Waals surface area contributed by atoms with Gasteiger partial charge in [0, 0.05) is 78.2 Å². The van der Waals surface area contributed by atoms with Gasteiger partial charge in [-0.2, -0.15) is 0 Å². The number of ether oxygens (including phenoxy) is 4. The number of morpholine rings is 1. The Kier molecular flexibility index (Phi) is 19.2. The van der Waals surface area contributed by atoms with Gasteiger partial charge in [0.05, 0.1) is 70.3 Å². The van der Waals surface area contributed by atoms with E-state index in [1.807, 2.05) is 24.0 Å². The minimum absolute atomic E-state index is 0.00463. The third-order valence-electron chi connectivity index (χ3n) is 8.92. The lowest BCUT2D eigenvalue weighted by atomic mass is 10.2. The second-order valence-electron chi connectivity index (χ2n) is 13.0. The number of halogens is 3. The van der Waals surface area contributed by atoms with E-state index in [4.69, 9.17) is 59.7 Å². The molecule has 1 aliphatic heterocycles. The number of aromatic nitrogens is 8. The number of fused-ring (bicyclic) bond motifs is 2. The SMILES string of the molecule is COCCN.COCCNc1ccnc(Cl)c1[N+](=O)[O-].COCCn1c(-c2cnc(-c3ccc4scnc4c3)[nH]2)nc2c(N3CCOCC3)nccc21.O=[N+]([O-])c1c(Cl)ccnc1Cl. The topological polar surface area (TPSA) is 263 Å². The van der Waals surface area contributed by atoms with Gasteiger partial charge >= 0.3 is 11.4 Å². The lowest BCUT2D eigenvalue weighted by molar-refractivity contribution is -0.384. The fourth-order valence-electron chi connectivity index (χ4n) is 5.97. The van der Waals surface area contributed by atoms with Gasteiger partial charge in [0.15, 0.2) is 11.6 Å². The fourth-order valence-corrected chi connectivity index (χ4v) is 7.34. The van der Waals surface area contributed by atoms with Gasteiger partial charge in [-0.25, -0.2) is 29.9 Å². The lowest BCUT2D eigenvalue weighted by Crippen LogP contribution is -2.36. The van der Waals surface area contributed by atoms with Crippen molar-refractivity contribution >= 4 is 90.3 Å². The zero-order chi connectivity index (χ0) is 46.0. The van der Waals surface area contributed by atoms with Crippen LogP contribution in [0.25, 0.3) is 44.2 Å². The van der Waals surface area contributed by atoms with Gasteiger partial charge in [0.2, 0.25) is 10.3 Å². The minimum Gasteiger partial charge on any atom is -0.383 e. The quantitative estimate of drug-likeness (QED) is 0.0422. The van der Waals surface area contributed by atoms with Crippen LogP contribution in [-0.2, 0) is 25.5 Å². The summed E-state index contributed by atoms with van der Waals surface area (Å²) in [4.78, 5) is 51.3. The number of pyridine rings is 3. The van der Waals surface area contributed by atoms with Crippen LogP contribution in [0.15, 0.2) is 66.7 Å². The molecule has 6 aromatic heterocycles. The first-order valence-corrected chi connectivity index (χ1v) is 21.2. The molecule has 0 amide bonds. The predicted octanol–water partition coefficient (Wildman–Crippen LogP) is 7.17. The third-order valence-corrected chi connectivity index (χ3v) is 10.6. The number of nitrogens with two attached hydrogens (primary N) is 1. The van der Waals surface area contributed by atoms with E-state index in [1.54, 1.807) is 32.7 Å². The van der Waals surface area contributed by atoms with Crippen LogP contribution in [0, 0.1) is 20.2 Å². The summed E-state index contributed by atoms with van der Waals surface area (Å²) >= 11 is 18.1. The molecule has 64 heavy (non-hydrogen) atoms. The molecule has 0 unspecified atom stereocenters. The highest BCUT2D eigenvalue weighted by molar-refractivity contribution is 7.16. The highest BCUT2D eigenvalue weighted by atomic mass is 35.5. The van der Waals surface area contributed by atoms with Crippen molar-refractivity contribution in [2.24, 2.45) is 5.73 Å². The highest BCUT2D eigenvalue weighted by Crippen LogP contribution is 2.33. The Morgan fingerprint density at radius 2 is 1.56 bits per heavy atom. The molecule has 7 aromatic rings. The van der Waals surface area contributed by atoms with Crippen molar-refractivity contribution in [2.75, 3.05) is 90.8 Å². The summed E-state index contributed by atoms with van der Waals surface area (Å²) in [5.41, 5.74) is 11.4. The number of aromatic amines is 1. The number of H-pyrrole nitrogens is 1. The van der Waals surface area contributed by atoms with Gasteiger partial charge < -0.3 is 44.4 Å². The molecular weight excluding hydrogens is 917 g/mol. The molecule has 7 heterocycles. The lowest BCUT2D eigenvalue weighted by Gasteiger charge is -2.27. The molecule has 25 heteroatoms. The maximum Gasteiger partial charge on any atom is 0.329 e. The largest absolute Gasteiger partial charge is 0.383 e. The molecule has 8 rings (SSSR count). The molecular formula is C39H44Cl3N13O8S. The maximum absolute atomic E-state index is 10.7. The number of nitrogens with zero attached hydrogens (tertiary/aromatic N) is 10. The molecule has 4 N–H and O–H groups in total. The number of imidazole rings is 2. The number of hydrogen-bond donors (Lipinski definition) is 3. The zero-order valence-corrected chi connectivity index (χ0v) is 37.9. The third kappa shape index (κ3) is 13.0. The van der Waals surface area contributed by atoms with E-state index in [9.17, 15) is 20.2 Å². The number of rotatable bonds is 14. The summed E-state index contributed by atoms with van der Waals surface area (Å²) < 4.78 is 23.6. The molecule has 0 saturated carbocycles. The number of nitro groups is 2. The van der Waals surface area contributed by atoms with Crippen LogP contribution in [0.5, 0.6) is 0 Å². The monoisotopic (exact) mass is 959 g/mol. The second-order valence-corrected chi connectivity index (χ2v) is 15.0. The number of hydrogen-bond acceptors (Lipinski definition) is 18. The van der Waals surface area contributed by atoms with Crippen molar-refractivity contribution in [3.8, 4) is 22.9 Å². The van der Waals surface area contributed by atoms with Crippen molar-refractivity contribution in [2.45, 2.75) is 6.54 Å². The highest BCUT2D eigenvalue weighted by Gasteiger charge is 2.23. The predicted molar refractivity (Wildman–Crippen MR) is 247 cm³/mol. The van der Waals surface area contributed by atoms with Crippen LogP contribution in [0.4, 0.5) is 22.9 Å². The summed E-state index contributed by atoms with van der Waals surface area (Å²) in [5, 5.41) is 23.5. The molecule has 1 aromatic carbocycles. The molecule has 340 valence electrons. The average molecular weight is 961 g/mol. The van der Waals surface area contributed by atoms with Crippen molar-refractivity contribution < 1.29 is 28.8 Å². The van der Waals surface area contributed by atoms with Crippen LogP contribution in [-0.4, -0.2) is 130 Å². The molecule has 1 aliphatic rings. The summed E-state index contributed by atoms with van der Waals surface area (Å²) in [6.07, 6.45) is 6.40. The van der Waals surface area contributed by atoms with Gasteiger partial charge in [-0.15, -0.1) is 11.3 Å². The maximum atomic E-state index is 10.7. The normalized spacial score (nSPS) is 12.1. The molecule has 0 radical (unpaired) electrons. The van der Waals surface area contributed by atoms with E-state index < -0.39 is 9.85 Å². The van der Waals surface area contributed by atoms with E-state index >= 15 is 0 Å². The molecule has 21 nitrogen and oxygen atoms in total. The summed E-state index contributed by atoms with van der Waals surface area (Å²) in [5.74, 6) is 2.50. The molecule has 0 aliphatic carbocycles. The van der Waals surface area contributed by atoms with Crippen molar-refractivity contribution in [1.82, 2.24) is 39.5 Å². The van der Waals surface area contributed by atoms with E-state index in [1.165, 1.54) is 24.5 Å². The van der Waals surface area contributed by atoms with Crippen LogP contribution in [0.1, 0.15) is 0 Å². The number of anilines is 2. The number of benzene rings is 1. The Hall–Kier alpha value is -5.69. The Labute approximate surface area is 385 Å². The second kappa shape index (κ2) is 25.0. The summed E-state index contributed by atoms with van der Waals surface area (Å²) in [6.45, 7) is 6.47. The van der Waals surface area contributed by atoms with Crippen LogP contribution >= 0.6 is 46.1 Å². The zero-order valence-electron chi connectivity index (χ0n) is 34.8. The van der Waals surface area contributed by atoms with Crippen molar-refractivity contribution in [3.63, 3.8) is 0 Å². The van der Waals surface area contributed by atoms with E-state index in [-0.39, 0.29) is 26.7 Å². The Morgan fingerprint density at radius 1 is 0.875 bits per heavy atom. The molecule has 0 spiro atoms. The number of thiazole rings is 1. The minimum atomic E-state index is -0.669. The number of methoxy groups -OCH3 is 3. The Bertz CT molecular complexity index is 2590. The van der Waals surface area contributed by atoms with E-state index in [0.717, 1.165) is 63.1 Å². The van der Waals surface area contributed by atoms with Crippen molar-refractivity contribution in [1.29, 1.82) is 0 Å². The van der Waals surface area contributed by atoms with E-state index in [2.05, 4.69) is 67.6 Å². The standard InChI is InChI=1S/C23H23N7O2S.C8H10ClN3O3.C5H2Cl2N2O2.C3H9NO/c1-31-9-8-30-18-4-5-24-23(29-6-10-32-11-7-29)20(18)28-22(30)17-13-25-21(27-17)15-2-3-19-16(12-15)26-14-33-19;1-15-5-4-10-6-2-3-11-8(9)7(6)12(13)14;6-3-1-2-8-5(7)4(3)9(10)11;1-5-3-2-4/h2-5,12-14H,6-11H2,1H3,(H,25,27);2-3H,4-5H2,1H3,(H,10,11);1-2H;2-4H2,1H3. The molecule has 0 bridgehead atoms. The Balaban J connectivity index is 0.000000205. The summed E-state index contributed by atoms with van der Waals surface area (Å²) in [7, 11) is 4.89. The van der Waals surface area contributed by atoms with Gasteiger partial charge in [-0.3, -0.25) is 20.2 Å². The first-order valence-electron chi connectivity index (χ1n) is 19.2. The van der Waals surface area contributed by atoms with Gasteiger partial charge in [-0.05, 0) is 36.4 Å². The molecule has 1 fully saturated rings. The summed E-state index contributed by atoms with van der Waals surface area (Å²) in [6, 6.07) is 11.0. The first kappa shape index (κ1) is 49.3. The fraction of sp³-hybridized carbons (Fsp3) is 0.333. The Morgan fingerprint density at radius 3 is 2.20 bits per heavy atom. The van der Waals surface area contributed by atoms with Gasteiger partial charge in [-0.1, -0.05) is 34.8 Å². The van der Waals surface area contributed by atoms with Crippen LogP contribution in [0.3, 0.4) is 0 Å². The van der Waals surface area contributed by atoms with Gasteiger partial charge in [0.25, 0.3) is 0 Å². The molecule has 0 atom stereocenters. The van der Waals surface area contributed by atoms with Crippen molar-refractivity contribution in [3.05, 3.63) is 102 Å². The van der Waals surface area contributed by atoms with Crippen LogP contribution in [0.2, 0.25) is 15.3 Å². The average Bonchev–Trinajstić information content (AvgIpc) is 4.06.